The van der Waals surface area contributed by atoms with Crippen LogP contribution in [0.4, 0.5) is 38.9 Å². The third kappa shape index (κ3) is 8.88. The highest BCUT2D eigenvalue weighted by Gasteiger charge is 2.13. The second-order valence-corrected chi connectivity index (χ2v) is 10.5. The van der Waals surface area contributed by atoms with E-state index >= 15 is 0 Å². The number of rotatable bonds is 11. The van der Waals surface area contributed by atoms with Crippen molar-refractivity contribution < 1.29 is 40.2 Å². The average Bonchev–Trinajstić information content (AvgIpc) is 2.99. The molecule has 0 bridgehead atoms. The fourth-order valence-corrected chi connectivity index (χ4v) is 4.37. The van der Waals surface area contributed by atoms with E-state index in [1.165, 1.54) is 56.7 Å². The van der Waals surface area contributed by atoms with Gasteiger partial charge >= 0.3 is 17.4 Å². The van der Waals surface area contributed by atoms with Crippen molar-refractivity contribution in [3.63, 3.8) is 0 Å². The average molecular weight is 641 g/mol. The molecule has 0 radical (unpaired) electrons. The molecule has 4 aromatic rings. The van der Waals surface area contributed by atoms with Gasteiger partial charge in [0.2, 0.25) is 0 Å². The molecule has 1 atom stereocenters. The summed E-state index contributed by atoms with van der Waals surface area (Å²) in [5, 5.41) is 21.6. The lowest BCUT2D eigenvalue weighted by molar-refractivity contribution is 0.262. The number of carbonyl (C=O) groups is 1. The zero-order valence-corrected chi connectivity index (χ0v) is 24.6. The van der Waals surface area contributed by atoms with Crippen LogP contribution in [-0.4, -0.2) is 42.0 Å². The molecule has 15 nitrogen and oxygen atoms in total. The predicted octanol–water partition coefficient (Wildman–Crippen LogP) is 6.94. The molecule has 17 heteroatoms. The monoisotopic (exact) mass is 640 g/mol. The first-order chi connectivity index (χ1) is 21.0. The smallest absolute Gasteiger partial charge is 0.357 e. The van der Waals surface area contributed by atoms with Gasteiger partial charge in [0.1, 0.15) is 17.2 Å². The molecule has 2 amide bonds. The highest BCUT2D eigenvalue weighted by atomic mass is 32.2. The van der Waals surface area contributed by atoms with E-state index in [4.69, 9.17) is 18.2 Å². The van der Waals surface area contributed by atoms with E-state index in [-0.39, 0.29) is 22.1 Å². The topological polar surface area (TPSA) is 210 Å². The molecule has 0 aliphatic heterocycles. The summed E-state index contributed by atoms with van der Waals surface area (Å²) in [4.78, 5) is 12.5. The molecule has 0 saturated carbocycles. The summed E-state index contributed by atoms with van der Waals surface area (Å²) in [7, 11) is -1.56. The number of hydrogen-bond donors (Lipinski definition) is 4. The van der Waals surface area contributed by atoms with Crippen molar-refractivity contribution in [3.05, 3.63) is 84.9 Å². The van der Waals surface area contributed by atoms with E-state index in [0.717, 1.165) is 0 Å². The van der Waals surface area contributed by atoms with Gasteiger partial charge in [0.05, 0.1) is 53.2 Å². The minimum absolute atomic E-state index is 0.144. The molecule has 0 aliphatic carbocycles. The van der Waals surface area contributed by atoms with Crippen molar-refractivity contribution in [3.8, 4) is 17.2 Å². The van der Waals surface area contributed by atoms with Gasteiger partial charge in [-0.2, -0.15) is 33.1 Å². The summed E-state index contributed by atoms with van der Waals surface area (Å²) in [5.74, 6) is 0.709. The molecule has 0 aromatic heterocycles. The van der Waals surface area contributed by atoms with Crippen molar-refractivity contribution >= 4 is 61.6 Å². The van der Waals surface area contributed by atoms with Crippen molar-refractivity contribution in [2.75, 3.05) is 24.9 Å². The second-order valence-electron chi connectivity index (χ2n) is 8.52. The van der Waals surface area contributed by atoms with E-state index in [2.05, 4.69) is 31.1 Å². The van der Waals surface area contributed by atoms with Crippen molar-refractivity contribution in [1.29, 1.82) is 0 Å². The van der Waals surface area contributed by atoms with Crippen LogP contribution in [0.3, 0.4) is 0 Å². The van der Waals surface area contributed by atoms with Gasteiger partial charge in [-0.3, -0.25) is 9.11 Å². The van der Waals surface area contributed by atoms with Crippen LogP contribution in [0.15, 0.2) is 110 Å². The number of benzene rings is 4. The minimum atomic E-state index is -4.39. The van der Waals surface area contributed by atoms with Gasteiger partial charge in [0.15, 0.2) is 0 Å². The van der Waals surface area contributed by atoms with Crippen LogP contribution in [0.25, 0.3) is 0 Å². The summed E-state index contributed by atoms with van der Waals surface area (Å²) in [6.07, 6.45) is 0. The summed E-state index contributed by atoms with van der Waals surface area (Å²) in [6, 6.07) is 20.2. The summed E-state index contributed by atoms with van der Waals surface area (Å²) in [6.45, 7) is 0. The van der Waals surface area contributed by atoms with Crippen LogP contribution in [0.1, 0.15) is 0 Å². The van der Waals surface area contributed by atoms with E-state index < -0.39 is 27.5 Å². The van der Waals surface area contributed by atoms with Crippen LogP contribution in [0.5, 0.6) is 17.2 Å². The Morgan fingerprint density at radius 3 is 1.68 bits per heavy atom. The summed E-state index contributed by atoms with van der Waals surface area (Å²) in [5.41, 5.74) is 1.98. The van der Waals surface area contributed by atoms with E-state index in [0.29, 0.717) is 34.2 Å². The molecule has 0 heterocycles. The van der Waals surface area contributed by atoms with Gasteiger partial charge in [-0.25, -0.2) is 4.79 Å². The largest absolute Gasteiger partial charge is 0.494 e. The fourth-order valence-electron chi connectivity index (χ4n) is 3.58. The Morgan fingerprint density at radius 1 is 0.727 bits per heavy atom. The number of ether oxygens (including phenoxy) is 2. The Morgan fingerprint density at radius 2 is 1.20 bits per heavy atom. The Kier molecular flexibility index (Phi) is 10.3. The Balaban J connectivity index is 1.43. The molecule has 44 heavy (non-hydrogen) atoms. The predicted molar refractivity (Wildman–Crippen MR) is 161 cm³/mol. The number of nitrogens with zero attached hydrogens (tertiary/aromatic N) is 4. The van der Waals surface area contributed by atoms with Crippen molar-refractivity contribution in [2.24, 2.45) is 20.5 Å². The van der Waals surface area contributed by atoms with Gasteiger partial charge in [-0.1, -0.05) is 12.1 Å². The zero-order chi connectivity index (χ0) is 31.7. The van der Waals surface area contributed by atoms with Gasteiger partial charge in [-0.05, 0) is 54.6 Å². The van der Waals surface area contributed by atoms with Gasteiger partial charge in [0, 0.05) is 18.2 Å². The normalized spacial score (nSPS) is 12.2. The fraction of sp³-hybridized carbons (Fsp3) is 0.0741. The molecule has 4 N–H and O–H groups in total. The highest BCUT2D eigenvalue weighted by molar-refractivity contribution is 7.85. The lowest BCUT2D eigenvalue weighted by Crippen LogP contribution is -2.20. The van der Waals surface area contributed by atoms with Gasteiger partial charge < -0.3 is 24.3 Å². The molecule has 4 aromatic carbocycles. The molecule has 0 saturated heterocycles. The molecular formula is C27H24N6O9S2. The number of anilines is 2. The summed E-state index contributed by atoms with van der Waals surface area (Å²) < 4.78 is 67.1. The third-order valence-corrected chi connectivity index (χ3v) is 6.71. The first-order valence-corrected chi connectivity index (χ1v) is 14.8. The van der Waals surface area contributed by atoms with Gasteiger partial charge in [0.25, 0.3) is 10.1 Å². The molecule has 0 fully saturated rings. The number of azo groups is 2. The number of urea groups is 1. The molecule has 1 unspecified atom stereocenters. The number of nitrogens with one attached hydrogen (secondary N) is 2. The lowest BCUT2D eigenvalue weighted by Gasteiger charge is -2.13. The highest BCUT2D eigenvalue weighted by Crippen LogP contribution is 2.33. The third-order valence-electron chi connectivity index (χ3n) is 5.53. The molecule has 0 aliphatic rings. The van der Waals surface area contributed by atoms with Crippen LogP contribution < -0.4 is 24.3 Å². The van der Waals surface area contributed by atoms with Crippen molar-refractivity contribution in [2.45, 2.75) is 4.90 Å². The Bertz CT molecular complexity index is 1870. The first kappa shape index (κ1) is 31.7. The standard InChI is InChI=1S/C27H24N6O9S2/c1-40-25-15-19(32-30-17-5-3-7-21(13-17)42-43(35)36)9-11-23(25)28-27(34)29-24-12-10-20(16-26(24)41-2)33-31-18-6-4-8-22(14-18)44(37,38)39/h3-16H,1-2H3,(H,35,36)(H2,28,29,34)(H,37,38,39). The maximum Gasteiger partial charge on any atom is 0.357 e. The zero-order valence-electron chi connectivity index (χ0n) is 22.9. The van der Waals surface area contributed by atoms with Gasteiger partial charge in [-0.15, -0.1) is 0 Å². The number of amides is 2. The van der Waals surface area contributed by atoms with E-state index in [1.807, 2.05) is 0 Å². The number of hydrogen-bond acceptors (Lipinski definition) is 11. The minimum Gasteiger partial charge on any atom is -0.494 e. The van der Waals surface area contributed by atoms with Crippen LogP contribution >= 0.6 is 0 Å². The Hall–Kier alpha value is -5.23. The maximum absolute atomic E-state index is 12.8. The second kappa shape index (κ2) is 14.3. The van der Waals surface area contributed by atoms with E-state index in [1.54, 1.807) is 42.5 Å². The Labute approximate surface area is 253 Å². The maximum atomic E-state index is 12.8. The summed E-state index contributed by atoms with van der Waals surface area (Å²) >= 11 is -2.47. The number of methoxy groups -OCH3 is 2. The molecular weight excluding hydrogens is 616 g/mol. The molecule has 4 rings (SSSR count). The quantitative estimate of drug-likeness (QED) is 0.0758. The molecule has 228 valence electrons. The number of carbonyl (C=O) groups excluding carboxylic acids is 1. The van der Waals surface area contributed by atoms with Crippen molar-refractivity contribution in [1.82, 2.24) is 0 Å². The van der Waals surface area contributed by atoms with Crippen LogP contribution in [0, 0.1) is 0 Å². The lowest BCUT2D eigenvalue weighted by atomic mass is 10.2. The van der Waals surface area contributed by atoms with E-state index in [9.17, 15) is 22.0 Å². The van der Waals surface area contributed by atoms with Crippen LogP contribution in [-0.2, 0) is 21.5 Å². The SMILES string of the molecule is COc1cc(N=Nc2cccc(OS(=O)O)c2)ccc1NC(=O)Nc1ccc(N=Nc2cccc(S(=O)(=O)O)c2)cc1OC. The van der Waals surface area contributed by atoms with Crippen LogP contribution in [0.2, 0.25) is 0 Å². The first-order valence-electron chi connectivity index (χ1n) is 12.3. The molecule has 0 spiro atoms.